The number of benzene rings is 2. The highest BCUT2D eigenvalue weighted by Crippen LogP contribution is 2.29. The molecular weight excluding hydrogens is 278 g/mol. The molecule has 0 radical (unpaired) electrons. The number of phenols is 1. The molecule has 0 bridgehead atoms. The van der Waals surface area contributed by atoms with Crippen molar-refractivity contribution in [1.82, 2.24) is 0 Å². The molecule has 0 aliphatic heterocycles. The summed E-state index contributed by atoms with van der Waals surface area (Å²) < 4.78 is 10.2. The fourth-order valence-electron chi connectivity index (χ4n) is 1.82. The number of ether oxygens (including phenoxy) is 2. The molecule has 0 saturated heterocycles. The largest absolute Gasteiger partial charge is 0.504 e. The molecule has 20 heavy (non-hydrogen) atoms. The van der Waals surface area contributed by atoms with E-state index in [9.17, 15) is 5.11 Å². The Morgan fingerprint density at radius 2 is 1.80 bits per heavy atom. The number of phenolic OH excluding ortho intramolecular Hbond substituents is 1. The standard InChI is InChI=1S/C15H16ClNO3/c1-19-14-6-3-10(7-13(14)18)9-17-11-4-5-12(16)15(8-11)20-2/h3-8,17-18H,9H2,1-2H3. The van der Waals surface area contributed by atoms with Crippen molar-refractivity contribution in [3.63, 3.8) is 0 Å². The van der Waals surface area contributed by atoms with E-state index in [1.807, 2.05) is 18.2 Å². The second-order valence-corrected chi connectivity index (χ2v) is 4.62. The Labute approximate surface area is 122 Å². The van der Waals surface area contributed by atoms with Crippen LogP contribution in [0.3, 0.4) is 0 Å². The summed E-state index contributed by atoms with van der Waals surface area (Å²) in [7, 11) is 3.10. The molecule has 5 heteroatoms. The number of methoxy groups -OCH3 is 2. The van der Waals surface area contributed by atoms with Crippen LogP contribution in [0, 0.1) is 0 Å². The number of anilines is 1. The molecule has 0 heterocycles. The van der Waals surface area contributed by atoms with E-state index >= 15 is 0 Å². The topological polar surface area (TPSA) is 50.7 Å². The van der Waals surface area contributed by atoms with Crippen molar-refractivity contribution < 1.29 is 14.6 Å². The second kappa shape index (κ2) is 6.39. The first-order valence-corrected chi connectivity index (χ1v) is 6.45. The van der Waals surface area contributed by atoms with Crippen LogP contribution in [0.5, 0.6) is 17.2 Å². The van der Waals surface area contributed by atoms with Crippen LogP contribution in [0.4, 0.5) is 5.69 Å². The third-order valence-corrected chi connectivity index (χ3v) is 3.20. The fraction of sp³-hybridized carbons (Fsp3) is 0.200. The zero-order valence-corrected chi connectivity index (χ0v) is 12.1. The van der Waals surface area contributed by atoms with Crippen molar-refractivity contribution in [2.24, 2.45) is 0 Å². The summed E-state index contributed by atoms with van der Waals surface area (Å²) in [4.78, 5) is 0. The zero-order chi connectivity index (χ0) is 14.5. The van der Waals surface area contributed by atoms with Crippen LogP contribution < -0.4 is 14.8 Å². The van der Waals surface area contributed by atoms with Gasteiger partial charge >= 0.3 is 0 Å². The van der Waals surface area contributed by atoms with Crippen LogP contribution in [-0.4, -0.2) is 19.3 Å². The number of halogens is 1. The van der Waals surface area contributed by atoms with Gasteiger partial charge in [-0.3, -0.25) is 0 Å². The predicted molar refractivity (Wildman–Crippen MR) is 80.0 cm³/mol. The lowest BCUT2D eigenvalue weighted by atomic mass is 10.2. The number of aromatic hydroxyl groups is 1. The maximum Gasteiger partial charge on any atom is 0.160 e. The summed E-state index contributed by atoms with van der Waals surface area (Å²) in [5.74, 6) is 1.21. The quantitative estimate of drug-likeness (QED) is 0.883. The Bertz CT molecular complexity index is 602. The van der Waals surface area contributed by atoms with Crippen LogP contribution in [0.1, 0.15) is 5.56 Å². The molecule has 106 valence electrons. The molecule has 0 amide bonds. The highest BCUT2D eigenvalue weighted by Gasteiger charge is 2.04. The van der Waals surface area contributed by atoms with Crippen molar-refractivity contribution >= 4 is 17.3 Å². The maximum absolute atomic E-state index is 9.72. The molecular formula is C15H16ClNO3. The van der Waals surface area contributed by atoms with Gasteiger partial charge in [0.05, 0.1) is 19.2 Å². The summed E-state index contributed by atoms with van der Waals surface area (Å²) in [5.41, 5.74) is 1.83. The first kappa shape index (κ1) is 14.3. The van der Waals surface area contributed by atoms with Crippen molar-refractivity contribution in [3.8, 4) is 17.2 Å². The first-order valence-electron chi connectivity index (χ1n) is 6.07. The molecule has 0 aromatic heterocycles. The molecule has 2 aromatic carbocycles. The van der Waals surface area contributed by atoms with Crippen molar-refractivity contribution in [3.05, 3.63) is 47.0 Å². The van der Waals surface area contributed by atoms with Crippen molar-refractivity contribution in [2.45, 2.75) is 6.54 Å². The van der Waals surface area contributed by atoms with E-state index in [2.05, 4.69) is 5.32 Å². The first-order chi connectivity index (χ1) is 9.63. The van der Waals surface area contributed by atoms with Gasteiger partial charge in [0.15, 0.2) is 11.5 Å². The molecule has 4 nitrogen and oxygen atoms in total. The average Bonchev–Trinajstić information content (AvgIpc) is 2.46. The van der Waals surface area contributed by atoms with Gasteiger partial charge in [0.1, 0.15) is 5.75 Å². The highest BCUT2D eigenvalue weighted by atomic mass is 35.5. The van der Waals surface area contributed by atoms with Gasteiger partial charge in [-0.1, -0.05) is 17.7 Å². The van der Waals surface area contributed by atoms with E-state index in [4.69, 9.17) is 21.1 Å². The number of rotatable bonds is 5. The summed E-state index contributed by atoms with van der Waals surface area (Å²) in [6.07, 6.45) is 0. The van der Waals surface area contributed by atoms with Gasteiger partial charge in [0.25, 0.3) is 0 Å². The Morgan fingerprint density at radius 1 is 1.05 bits per heavy atom. The minimum absolute atomic E-state index is 0.125. The smallest absolute Gasteiger partial charge is 0.160 e. The fourth-order valence-corrected chi connectivity index (χ4v) is 2.01. The third-order valence-electron chi connectivity index (χ3n) is 2.89. The van der Waals surface area contributed by atoms with E-state index in [0.29, 0.717) is 23.1 Å². The molecule has 0 atom stereocenters. The SMILES string of the molecule is COc1ccc(CNc2ccc(Cl)c(OC)c2)cc1O. The lowest BCUT2D eigenvalue weighted by Crippen LogP contribution is -2.00. The monoisotopic (exact) mass is 293 g/mol. The van der Waals surface area contributed by atoms with Crippen LogP contribution >= 0.6 is 11.6 Å². The van der Waals surface area contributed by atoms with E-state index in [-0.39, 0.29) is 5.75 Å². The Morgan fingerprint density at radius 3 is 2.45 bits per heavy atom. The lowest BCUT2D eigenvalue weighted by molar-refractivity contribution is 0.373. The molecule has 2 rings (SSSR count). The van der Waals surface area contributed by atoms with Crippen LogP contribution in [0.25, 0.3) is 0 Å². The molecule has 0 unspecified atom stereocenters. The van der Waals surface area contributed by atoms with Gasteiger partial charge in [-0.25, -0.2) is 0 Å². The van der Waals surface area contributed by atoms with Gasteiger partial charge < -0.3 is 19.9 Å². The number of hydrogen-bond acceptors (Lipinski definition) is 4. The molecule has 0 aliphatic carbocycles. The number of hydrogen-bond donors (Lipinski definition) is 2. The van der Waals surface area contributed by atoms with Crippen LogP contribution in [-0.2, 0) is 6.54 Å². The Balaban J connectivity index is 2.07. The third kappa shape index (κ3) is 3.27. The van der Waals surface area contributed by atoms with E-state index in [1.165, 1.54) is 7.11 Å². The maximum atomic E-state index is 9.72. The molecule has 0 saturated carbocycles. The summed E-state index contributed by atoms with van der Waals surface area (Å²) >= 11 is 5.97. The van der Waals surface area contributed by atoms with Gasteiger partial charge in [-0.2, -0.15) is 0 Å². The molecule has 2 N–H and O–H groups in total. The predicted octanol–water partition coefficient (Wildman–Crippen LogP) is 3.67. The number of nitrogens with one attached hydrogen (secondary N) is 1. The van der Waals surface area contributed by atoms with E-state index in [1.54, 1.807) is 25.3 Å². The van der Waals surface area contributed by atoms with Crippen molar-refractivity contribution in [1.29, 1.82) is 0 Å². The van der Waals surface area contributed by atoms with E-state index in [0.717, 1.165) is 11.3 Å². The normalized spacial score (nSPS) is 10.2. The summed E-state index contributed by atoms with van der Waals surface area (Å²) in [5, 5.41) is 13.5. The van der Waals surface area contributed by atoms with Crippen LogP contribution in [0.15, 0.2) is 36.4 Å². The lowest BCUT2D eigenvalue weighted by Gasteiger charge is -2.10. The average molecular weight is 294 g/mol. The highest BCUT2D eigenvalue weighted by molar-refractivity contribution is 6.32. The van der Waals surface area contributed by atoms with Crippen LogP contribution in [0.2, 0.25) is 5.02 Å². The molecule has 2 aromatic rings. The van der Waals surface area contributed by atoms with Gasteiger partial charge in [-0.05, 0) is 29.8 Å². The summed E-state index contributed by atoms with van der Waals surface area (Å²) in [6.45, 7) is 0.572. The van der Waals surface area contributed by atoms with Crippen molar-refractivity contribution in [2.75, 3.05) is 19.5 Å². The van der Waals surface area contributed by atoms with E-state index < -0.39 is 0 Å². The molecule has 0 aliphatic rings. The minimum atomic E-state index is 0.125. The molecule has 0 fully saturated rings. The van der Waals surface area contributed by atoms with Gasteiger partial charge in [0.2, 0.25) is 0 Å². The minimum Gasteiger partial charge on any atom is -0.504 e. The van der Waals surface area contributed by atoms with Gasteiger partial charge in [0, 0.05) is 18.3 Å². The summed E-state index contributed by atoms with van der Waals surface area (Å²) in [6, 6.07) is 10.8. The zero-order valence-electron chi connectivity index (χ0n) is 11.3. The van der Waals surface area contributed by atoms with Gasteiger partial charge in [-0.15, -0.1) is 0 Å². The second-order valence-electron chi connectivity index (χ2n) is 4.21. The Kier molecular flexibility index (Phi) is 4.58. The molecule has 0 spiro atoms. The Hall–Kier alpha value is -2.07.